The zero-order valence-corrected chi connectivity index (χ0v) is 73.5. The van der Waals surface area contributed by atoms with Gasteiger partial charge in [-0.15, -0.1) is 0 Å². The zero-order chi connectivity index (χ0) is 75.7. The maximum atomic E-state index is 14.4. The Balaban J connectivity index is 5.45. The normalized spacial score (nSPS) is 15.5. The van der Waals surface area contributed by atoms with Gasteiger partial charge < -0.3 is 14.2 Å². The first-order chi connectivity index (χ1) is 50.1. The van der Waals surface area contributed by atoms with Crippen LogP contribution in [0.1, 0.15) is 539 Å². The van der Waals surface area contributed by atoms with Gasteiger partial charge in [0.2, 0.25) is 0 Å². The first kappa shape index (κ1) is 102. The van der Waals surface area contributed by atoms with Crippen molar-refractivity contribution < 1.29 is 23.8 Å². The summed E-state index contributed by atoms with van der Waals surface area (Å²) in [5, 5.41) is 0. The van der Waals surface area contributed by atoms with Crippen molar-refractivity contribution in [2.24, 2.45) is 53.3 Å². The number of carbonyl (C=O) groups is 2. The van der Waals surface area contributed by atoms with E-state index in [1.54, 1.807) is 0 Å². The molecule has 5 heteroatoms. The van der Waals surface area contributed by atoms with Crippen molar-refractivity contribution in [1.29, 1.82) is 0 Å². The van der Waals surface area contributed by atoms with E-state index >= 15 is 0 Å². The molecule has 0 amide bonds. The lowest BCUT2D eigenvalue weighted by molar-refractivity contribution is -0.161. The number of methoxy groups -OCH3 is 1. The lowest BCUT2D eigenvalue weighted by atomic mass is 9.84. The monoisotopic (exact) mass is 1450 g/mol. The van der Waals surface area contributed by atoms with Crippen molar-refractivity contribution in [2.45, 2.75) is 558 Å². The highest BCUT2D eigenvalue weighted by Crippen LogP contribution is 2.32. The molecular formula is C98H194O5. The van der Waals surface area contributed by atoms with Gasteiger partial charge >= 0.3 is 11.9 Å². The molecule has 0 aliphatic carbocycles. The molecule has 0 aromatic heterocycles. The maximum Gasteiger partial charge on any atom is 0.308 e. The Kier molecular flexibility index (Phi) is 76.8. The highest BCUT2D eigenvalue weighted by Gasteiger charge is 2.29. The summed E-state index contributed by atoms with van der Waals surface area (Å²) in [6.07, 6.45) is 92.9. The van der Waals surface area contributed by atoms with Gasteiger partial charge in [-0.25, -0.2) is 0 Å². The lowest BCUT2D eigenvalue weighted by Gasteiger charge is -2.28. The highest BCUT2D eigenvalue weighted by atomic mass is 16.6. The molecule has 0 heterocycles. The van der Waals surface area contributed by atoms with E-state index in [1.807, 2.05) is 7.11 Å². The molecule has 0 spiro atoms. The fraction of sp³-hybridized carbons (Fsp3) is 0.980. The predicted molar refractivity (Wildman–Crippen MR) is 459 cm³/mol. The van der Waals surface area contributed by atoms with Crippen LogP contribution in [0.5, 0.6) is 0 Å². The second-order valence-electron chi connectivity index (χ2n) is 36.4. The van der Waals surface area contributed by atoms with Gasteiger partial charge in [0.25, 0.3) is 0 Å². The molecule has 0 aromatic rings. The fourth-order valence-electron chi connectivity index (χ4n) is 18.1. The van der Waals surface area contributed by atoms with Crippen LogP contribution < -0.4 is 0 Å². The SMILES string of the molecule is CCCCCCCCCCCCCCCCCCCCCC(CC(CCCCC(C)C(CC)OC)OC(=O)C(C)CC(C)CC(C)CC(C)CCCCCCCCCCCCCCCCCCCC)OC(=O)C(C)CC(C)CC(C)CC(C)CCCCCCCCCCCCCCCCCCCC. The van der Waals surface area contributed by atoms with Crippen LogP contribution in [0.25, 0.3) is 0 Å². The Labute approximate surface area is 650 Å². The molecule has 0 fully saturated rings. The molecule has 616 valence electrons. The number of ether oxygens (including phenoxy) is 3. The van der Waals surface area contributed by atoms with Crippen molar-refractivity contribution >= 4 is 11.9 Å². The van der Waals surface area contributed by atoms with Gasteiger partial charge in [-0.2, -0.15) is 0 Å². The fourth-order valence-corrected chi connectivity index (χ4v) is 18.1. The van der Waals surface area contributed by atoms with Crippen LogP contribution in [-0.2, 0) is 23.8 Å². The Bertz CT molecular complexity index is 1690. The van der Waals surface area contributed by atoms with Gasteiger partial charge in [0, 0.05) is 13.5 Å². The number of hydrogen-bond donors (Lipinski definition) is 0. The Hall–Kier alpha value is -1.10. The number of hydrogen-bond acceptors (Lipinski definition) is 5. The summed E-state index contributed by atoms with van der Waals surface area (Å²) in [6, 6.07) is 0. The maximum absolute atomic E-state index is 14.4. The van der Waals surface area contributed by atoms with Crippen molar-refractivity contribution in [3.05, 3.63) is 0 Å². The summed E-state index contributed by atoms with van der Waals surface area (Å²) < 4.78 is 19.2. The first-order valence-electron chi connectivity index (χ1n) is 48.0. The third-order valence-electron chi connectivity index (χ3n) is 24.6. The zero-order valence-electron chi connectivity index (χ0n) is 73.5. The van der Waals surface area contributed by atoms with Gasteiger partial charge in [0.05, 0.1) is 17.9 Å². The quantitative estimate of drug-likeness (QED) is 0.0449. The van der Waals surface area contributed by atoms with E-state index in [0.29, 0.717) is 36.0 Å². The van der Waals surface area contributed by atoms with E-state index in [-0.39, 0.29) is 42.1 Å². The van der Waals surface area contributed by atoms with Crippen molar-refractivity contribution in [1.82, 2.24) is 0 Å². The molecule has 0 radical (unpaired) electrons. The summed E-state index contributed by atoms with van der Waals surface area (Å²) in [5.74, 6) is 3.82. The minimum atomic E-state index is -0.256. The number of esters is 2. The van der Waals surface area contributed by atoms with Gasteiger partial charge in [0.15, 0.2) is 0 Å². The summed E-state index contributed by atoms with van der Waals surface area (Å²) in [5.41, 5.74) is 0. The number of carbonyl (C=O) groups excluding carboxylic acids is 2. The minimum Gasteiger partial charge on any atom is -0.462 e. The van der Waals surface area contributed by atoms with Crippen LogP contribution in [0.2, 0.25) is 0 Å². The van der Waals surface area contributed by atoms with E-state index in [9.17, 15) is 9.59 Å². The first-order valence-corrected chi connectivity index (χ1v) is 48.0. The van der Waals surface area contributed by atoms with E-state index in [2.05, 4.69) is 90.0 Å². The van der Waals surface area contributed by atoms with Crippen molar-refractivity contribution in [3.8, 4) is 0 Å². The molecule has 0 bridgehead atoms. The van der Waals surface area contributed by atoms with Gasteiger partial charge in [-0.05, 0) is 118 Å². The molecule has 0 N–H and O–H groups in total. The summed E-state index contributed by atoms with van der Waals surface area (Å²) in [4.78, 5) is 28.7. The van der Waals surface area contributed by atoms with E-state index in [0.717, 1.165) is 76.0 Å². The smallest absolute Gasteiger partial charge is 0.308 e. The molecule has 5 nitrogen and oxygen atoms in total. The topological polar surface area (TPSA) is 61.8 Å². The van der Waals surface area contributed by atoms with E-state index in [1.165, 1.54) is 379 Å². The van der Waals surface area contributed by atoms with Crippen LogP contribution in [0.4, 0.5) is 0 Å². The minimum absolute atomic E-state index is 0.0464. The molecule has 12 atom stereocenters. The summed E-state index contributed by atoms with van der Waals surface area (Å²) >= 11 is 0. The number of rotatable bonds is 84. The second kappa shape index (κ2) is 77.6. The summed E-state index contributed by atoms with van der Waals surface area (Å²) in [6.45, 7) is 30.3. The highest BCUT2D eigenvalue weighted by molar-refractivity contribution is 5.72. The number of unbranched alkanes of at least 4 members (excludes halogenated alkanes) is 53. The second-order valence-corrected chi connectivity index (χ2v) is 36.4. The average Bonchev–Trinajstić information content (AvgIpc) is 0.927. The van der Waals surface area contributed by atoms with Crippen LogP contribution in [0.3, 0.4) is 0 Å². The van der Waals surface area contributed by atoms with E-state index in [4.69, 9.17) is 14.2 Å². The lowest BCUT2D eigenvalue weighted by Crippen LogP contribution is -2.31. The summed E-state index contributed by atoms with van der Waals surface area (Å²) in [7, 11) is 1.85. The Morgan fingerprint density at radius 2 is 0.417 bits per heavy atom. The standard InChI is InChI=1S/C98H194O5/c1-15-19-22-25-28-31-34-37-40-43-46-49-52-55-58-61-64-67-70-76-94(102-97(99)92(12)82-89(9)80-87(7)78-85(5)73-68-65-62-59-56-53-50-47-44-41-38-35-32-29-26-23-20-16-2)84-95(77-72-71-75-91(11)96(18-4)101-14)103-98(100)93(13)83-90(10)81-88(8)79-86(6)74-69-66-63-60-57-54-51-48-45-42-39-36-33-30-27-24-21-17-3/h85-96H,15-84H2,1-14H3. The Morgan fingerprint density at radius 1 is 0.223 bits per heavy atom. The van der Waals surface area contributed by atoms with Crippen LogP contribution in [0.15, 0.2) is 0 Å². The van der Waals surface area contributed by atoms with Crippen molar-refractivity contribution in [2.75, 3.05) is 7.11 Å². The van der Waals surface area contributed by atoms with Gasteiger partial charge in [0.1, 0.15) is 12.2 Å². The Morgan fingerprint density at radius 3 is 0.650 bits per heavy atom. The van der Waals surface area contributed by atoms with Crippen LogP contribution in [-0.4, -0.2) is 37.4 Å². The van der Waals surface area contributed by atoms with Crippen molar-refractivity contribution in [3.63, 3.8) is 0 Å². The molecule has 0 aliphatic heterocycles. The van der Waals surface area contributed by atoms with Crippen LogP contribution in [0, 0.1) is 53.3 Å². The van der Waals surface area contributed by atoms with Gasteiger partial charge in [-0.1, -0.05) is 456 Å². The molecule has 0 saturated heterocycles. The predicted octanol–water partition coefficient (Wildman–Crippen LogP) is 33.9. The molecule has 0 aromatic carbocycles. The average molecular weight is 1450 g/mol. The van der Waals surface area contributed by atoms with Crippen LogP contribution >= 0.6 is 0 Å². The molecule has 0 aliphatic rings. The third kappa shape index (κ3) is 69.8. The molecular weight excluding hydrogens is 1260 g/mol. The third-order valence-corrected chi connectivity index (χ3v) is 24.6. The largest absolute Gasteiger partial charge is 0.462 e. The van der Waals surface area contributed by atoms with Gasteiger partial charge in [-0.3, -0.25) is 9.59 Å². The van der Waals surface area contributed by atoms with E-state index < -0.39 is 0 Å². The molecule has 12 unspecified atom stereocenters. The molecule has 0 rings (SSSR count). The molecule has 0 saturated carbocycles. The molecule has 103 heavy (non-hydrogen) atoms.